The van der Waals surface area contributed by atoms with Crippen LogP contribution in [-0.2, 0) is 19.4 Å². The SMILES string of the molecule is CC(C)N(C(=O)OC(C)(C)C)/[N+]([O-])=N/OCCS(C)(=O)=O. The van der Waals surface area contributed by atoms with E-state index < -0.39 is 27.6 Å². The third kappa shape index (κ3) is 9.05. The van der Waals surface area contributed by atoms with Gasteiger partial charge < -0.3 is 14.8 Å². The zero-order valence-electron chi connectivity index (χ0n) is 13.2. The lowest BCUT2D eigenvalue weighted by molar-refractivity contribution is -0.699. The first-order valence-corrected chi connectivity index (χ1v) is 8.39. The third-order valence-electron chi connectivity index (χ3n) is 1.93. The molecule has 21 heavy (non-hydrogen) atoms. The summed E-state index contributed by atoms with van der Waals surface area (Å²) in [5, 5.41) is 15.6. The molecular weight excluding hydrogens is 302 g/mol. The summed E-state index contributed by atoms with van der Waals surface area (Å²) < 4.78 is 26.8. The van der Waals surface area contributed by atoms with Crippen LogP contribution in [0.1, 0.15) is 34.6 Å². The average Bonchev–Trinajstić information content (AvgIpc) is 2.19. The van der Waals surface area contributed by atoms with Crippen LogP contribution in [0, 0.1) is 5.21 Å². The highest BCUT2D eigenvalue weighted by molar-refractivity contribution is 7.90. The van der Waals surface area contributed by atoms with Crippen molar-refractivity contribution in [2.75, 3.05) is 18.6 Å². The quantitative estimate of drug-likeness (QED) is 0.316. The van der Waals surface area contributed by atoms with Crippen LogP contribution in [0.3, 0.4) is 0 Å². The van der Waals surface area contributed by atoms with E-state index in [1.165, 1.54) is 0 Å². The summed E-state index contributed by atoms with van der Waals surface area (Å²) in [6.07, 6.45) is 0.162. The van der Waals surface area contributed by atoms with Gasteiger partial charge >= 0.3 is 6.09 Å². The number of rotatable bonds is 6. The van der Waals surface area contributed by atoms with Gasteiger partial charge in [-0.3, -0.25) is 0 Å². The van der Waals surface area contributed by atoms with Gasteiger partial charge in [0.2, 0.25) is 5.28 Å². The molecule has 0 aromatic heterocycles. The van der Waals surface area contributed by atoms with Crippen molar-refractivity contribution in [1.29, 1.82) is 0 Å². The van der Waals surface area contributed by atoms with Crippen molar-refractivity contribution < 1.29 is 27.8 Å². The maximum Gasteiger partial charge on any atom is 0.467 e. The zero-order valence-corrected chi connectivity index (χ0v) is 14.0. The van der Waals surface area contributed by atoms with E-state index in [0.717, 1.165) is 6.26 Å². The van der Waals surface area contributed by atoms with Crippen molar-refractivity contribution in [2.24, 2.45) is 5.28 Å². The fraction of sp³-hybridized carbons (Fsp3) is 0.909. The number of hydrazine groups is 1. The Morgan fingerprint density at radius 1 is 1.38 bits per heavy atom. The van der Waals surface area contributed by atoms with Crippen LogP contribution in [-0.4, -0.2) is 54.7 Å². The van der Waals surface area contributed by atoms with Crippen molar-refractivity contribution in [3.8, 4) is 0 Å². The first kappa shape index (κ1) is 19.4. The summed E-state index contributed by atoms with van der Waals surface area (Å²) in [5.74, 6) is -0.279. The van der Waals surface area contributed by atoms with Crippen LogP contribution >= 0.6 is 0 Å². The number of carbonyl (C=O) groups is 1. The largest absolute Gasteiger partial charge is 0.568 e. The lowest BCUT2D eigenvalue weighted by Gasteiger charge is -2.24. The zero-order chi connectivity index (χ0) is 16.8. The average molecular weight is 325 g/mol. The standard InChI is InChI=1S/C11H23N3O6S/c1-9(2)13(10(15)20-11(3,4)5)14(16)12-19-7-8-21(6,17)18/h9H,7-8H2,1-6H3/b14-12-. The highest BCUT2D eigenvalue weighted by Crippen LogP contribution is 2.12. The van der Waals surface area contributed by atoms with Crippen LogP contribution < -0.4 is 0 Å². The smallest absolute Gasteiger partial charge is 0.467 e. The molecule has 0 spiro atoms. The summed E-state index contributed by atoms with van der Waals surface area (Å²) in [7, 11) is -3.21. The molecule has 0 rings (SSSR count). The number of amides is 1. The van der Waals surface area contributed by atoms with E-state index in [4.69, 9.17) is 4.74 Å². The van der Waals surface area contributed by atoms with Gasteiger partial charge in [-0.2, -0.15) is 0 Å². The molecule has 0 radical (unpaired) electrons. The lowest BCUT2D eigenvalue weighted by Crippen LogP contribution is -2.45. The van der Waals surface area contributed by atoms with Crippen molar-refractivity contribution in [3.63, 3.8) is 0 Å². The van der Waals surface area contributed by atoms with Gasteiger partial charge in [-0.1, -0.05) is 0 Å². The van der Waals surface area contributed by atoms with Gasteiger partial charge in [0.1, 0.15) is 12.2 Å². The maximum atomic E-state index is 11.9. The Morgan fingerprint density at radius 3 is 2.29 bits per heavy atom. The van der Waals surface area contributed by atoms with Crippen LogP contribution in [0.5, 0.6) is 0 Å². The van der Waals surface area contributed by atoms with E-state index in [1.807, 2.05) is 0 Å². The summed E-state index contributed by atoms with van der Waals surface area (Å²) >= 11 is 0. The fourth-order valence-electron chi connectivity index (χ4n) is 1.11. The molecule has 0 bridgehead atoms. The Labute approximate surface area is 124 Å². The molecule has 0 aromatic rings. The van der Waals surface area contributed by atoms with Crippen LogP contribution in [0.4, 0.5) is 4.79 Å². The number of ether oxygens (including phenoxy) is 1. The Kier molecular flexibility index (Phi) is 6.88. The van der Waals surface area contributed by atoms with Crippen LogP contribution in [0.25, 0.3) is 0 Å². The normalized spacial score (nSPS) is 13.2. The summed E-state index contributed by atoms with van der Waals surface area (Å²) in [6, 6.07) is -0.514. The highest BCUT2D eigenvalue weighted by atomic mass is 32.2. The van der Waals surface area contributed by atoms with Gasteiger partial charge in [0.15, 0.2) is 9.84 Å². The molecule has 10 heteroatoms. The van der Waals surface area contributed by atoms with Crippen molar-refractivity contribution in [2.45, 2.75) is 46.3 Å². The molecule has 9 nitrogen and oxygen atoms in total. The number of carbonyl (C=O) groups excluding carboxylic acids is 1. The highest BCUT2D eigenvalue weighted by Gasteiger charge is 2.32. The molecule has 0 N–H and O–H groups in total. The van der Waals surface area contributed by atoms with E-state index in [2.05, 4.69) is 10.1 Å². The first-order valence-electron chi connectivity index (χ1n) is 6.33. The molecule has 0 saturated heterocycles. The molecule has 0 aliphatic heterocycles. The molecule has 0 aliphatic carbocycles. The van der Waals surface area contributed by atoms with E-state index >= 15 is 0 Å². The molecule has 124 valence electrons. The molecular formula is C11H23N3O6S. The van der Waals surface area contributed by atoms with Gasteiger partial charge in [-0.25, -0.2) is 13.2 Å². The summed E-state index contributed by atoms with van der Waals surface area (Å²) in [6.45, 7) is 7.91. The molecule has 0 aromatic carbocycles. The maximum absolute atomic E-state index is 11.9. The van der Waals surface area contributed by atoms with E-state index in [9.17, 15) is 18.4 Å². The molecule has 0 heterocycles. The summed E-state index contributed by atoms with van der Waals surface area (Å²) in [5.41, 5.74) is -0.762. The Balaban J connectivity index is 4.76. The Morgan fingerprint density at radius 2 is 1.90 bits per heavy atom. The van der Waals surface area contributed by atoms with Crippen molar-refractivity contribution >= 4 is 15.9 Å². The Bertz CT molecular complexity index is 481. The fourth-order valence-corrected chi connectivity index (χ4v) is 1.48. The van der Waals surface area contributed by atoms with Gasteiger partial charge in [-0.15, -0.1) is 0 Å². The number of sulfone groups is 1. The van der Waals surface area contributed by atoms with E-state index in [-0.39, 0.29) is 17.3 Å². The number of nitrogens with zero attached hydrogens (tertiary/aromatic N) is 3. The minimum Gasteiger partial charge on any atom is -0.568 e. The molecule has 0 unspecified atom stereocenters. The van der Waals surface area contributed by atoms with Gasteiger partial charge in [-0.05, 0) is 39.6 Å². The van der Waals surface area contributed by atoms with Crippen molar-refractivity contribution in [3.05, 3.63) is 5.21 Å². The number of hydrogen-bond acceptors (Lipinski definition) is 7. The minimum absolute atomic E-state index is 0.0545. The molecule has 0 aliphatic rings. The third-order valence-corrected chi connectivity index (χ3v) is 2.84. The van der Waals surface area contributed by atoms with Crippen LogP contribution in [0.2, 0.25) is 0 Å². The van der Waals surface area contributed by atoms with E-state index in [0.29, 0.717) is 5.01 Å². The predicted molar refractivity (Wildman–Crippen MR) is 74.9 cm³/mol. The van der Waals surface area contributed by atoms with Crippen molar-refractivity contribution in [1.82, 2.24) is 5.01 Å². The van der Waals surface area contributed by atoms with Gasteiger partial charge in [0.05, 0.1) is 16.8 Å². The topological polar surface area (TPSA) is 111 Å². The minimum atomic E-state index is -3.21. The molecule has 0 atom stereocenters. The lowest BCUT2D eigenvalue weighted by atomic mass is 10.2. The molecule has 0 fully saturated rings. The van der Waals surface area contributed by atoms with Gasteiger partial charge in [0.25, 0.3) is 0 Å². The summed E-state index contributed by atoms with van der Waals surface area (Å²) in [4.78, 5) is 16.4. The second kappa shape index (κ2) is 7.43. The Hall–Kier alpha value is -1.58. The number of hydrogen-bond donors (Lipinski definition) is 0. The second-order valence-electron chi connectivity index (χ2n) is 5.72. The van der Waals surface area contributed by atoms with Gasteiger partial charge in [0, 0.05) is 6.26 Å². The van der Waals surface area contributed by atoms with Crippen LogP contribution in [0.15, 0.2) is 5.28 Å². The second-order valence-corrected chi connectivity index (χ2v) is 7.98. The molecule has 0 saturated carbocycles. The first-order chi connectivity index (χ1) is 9.33. The molecule has 1 amide bonds. The van der Waals surface area contributed by atoms with E-state index in [1.54, 1.807) is 34.6 Å². The monoisotopic (exact) mass is 325 g/mol. The predicted octanol–water partition coefficient (Wildman–Crippen LogP) is 1.49.